The van der Waals surface area contributed by atoms with Gasteiger partial charge in [-0.1, -0.05) is 31.0 Å². The average molecular weight is 470 g/mol. The van der Waals surface area contributed by atoms with Gasteiger partial charge in [0.05, 0.1) is 4.90 Å². The van der Waals surface area contributed by atoms with Crippen LogP contribution in [0.2, 0.25) is 0 Å². The van der Waals surface area contributed by atoms with Crippen LogP contribution in [0.15, 0.2) is 59.5 Å². The number of benzene rings is 2. The van der Waals surface area contributed by atoms with E-state index in [-0.39, 0.29) is 22.6 Å². The summed E-state index contributed by atoms with van der Waals surface area (Å²) in [4.78, 5) is 29.7. The number of amides is 2. The van der Waals surface area contributed by atoms with Gasteiger partial charge in [0, 0.05) is 43.3 Å². The number of hydrogen-bond acceptors (Lipinski definition) is 4. The molecular formula is C25H31N3O4S. The Morgan fingerprint density at radius 2 is 1.36 bits per heavy atom. The van der Waals surface area contributed by atoms with Gasteiger partial charge >= 0.3 is 0 Å². The van der Waals surface area contributed by atoms with Crippen molar-refractivity contribution in [3.05, 3.63) is 60.2 Å². The number of hydrogen-bond donors (Lipinski definition) is 1. The van der Waals surface area contributed by atoms with E-state index in [4.69, 9.17) is 0 Å². The van der Waals surface area contributed by atoms with Crippen molar-refractivity contribution in [3.63, 3.8) is 0 Å². The minimum Gasteiger partial charge on any atom is -0.342 e. The Bertz CT molecular complexity index is 1050. The first-order valence-corrected chi connectivity index (χ1v) is 13.2. The number of likely N-dealkylation sites (tertiary alicyclic amines) is 2. The molecule has 2 fully saturated rings. The number of carbonyl (C=O) groups excluding carboxylic acids is 2. The van der Waals surface area contributed by atoms with Crippen LogP contribution in [0.3, 0.4) is 0 Å². The minimum absolute atomic E-state index is 0.0104. The number of nitrogens with one attached hydrogen (secondary N) is 1. The third kappa shape index (κ3) is 5.74. The summed E-state index contributed by atoms with van der Waals surface area (Å²) in [6.07, 6.45) is 5.90. The van der Waals surface area contributed by atoms with E-state index in [2.05, 4.69) is 4.72 Å². The summed E-state index contributed by atoms with van der Waals surface area (Å²) in [6, 6.07) is 14.7. The number of piperidine rings is 1. The standard InChI is InChI=1S/C25H31N3O4S/c29-24(28-18-14-21(15-19-28)25(30)27-16-6-1-2-7-17-27)20-10-12-23(13-11-20)33(31,32)26-22-8-4-3-5-9-22/h3-5,8-13,21,26H,1-2,6-7,14-19H2. The molecule has 0 atom stereocenters. The van der Waals surface area contributed by atoms with E-state index in [1.165, 1.54) is 25.0 Å². The Balaban J connectivity index is 1.34. The molecule has 0 spiro atoms. The largest absolute Gasteiger partial charge is 0.342 e. The summed E-state index contributed by atoms with van der Waals surface area (Å²) >= 11 is 0. The maximum absolute atomic E-state index is 12.9. The molecule has 2 aromatic carbocycles. The predicted octanol–water partition coefficient (Wildman–Crippen LogP) is 3.74. The molecule has 0 aliphatic carbocycles. The molecule has 2 amide bonds. The molecule has 0 unspecified atom stereocenters. The predicted molar refractivity (Wildman–Crippen MR) is 127 cm³/mol. The first kappa shape index (κ1) is 23.3. The van der Waals surface area contributed by atoms with Crippen LogP contribution in [0.25, 0.3) is 0 Å². The number of carbonyl (C=O) groups is 2. The molecule has 2 aliphatic heterocycles. The van der Waals surface area contributed by atoms with Crippen LogP contribution in [0.4, 0.5) is 5.69 Å². The lowest BCUT2D eigenvalue weighted by molar-refractivity contribution is -0.136. The zero-order valence-electron chi connectivity index (χ0n) is 18.8. The molecule has 0 aromatic heterocycles. The lowest BCUT2D eigenvalue weighted by Crippen LogP contribution is -2.44. The fourth-order valence-corrected chi connectivity index (χ4v) is 5.62. The Kier molecular flexibility index (Phi) is 7.33. The maximum Gasteiger partial charge on any atom is 0.261 e. The van der Waals surface area contributed by atoms with Gasteiger partial charge in [0.1, 0.15) is 0 Å². The number of para-hydroxylation sites is 1. The lowest BCUT2D eigenvalue weighted by Gasteiger charge is -2.34. The fraction of sp³-hybridized carbons (Fsp3) is 0.440. The molecule has 2 heterocycles. The van der Waals surface area contributed by atoms with Crippen LogP contribution >= 0.6 is 0 Å². The highest BCUT2D eigenvalue weighted by Crippen LogP contribution is 2.24. The van der Waals surface area contributed by atoms with E-state index in [9.17, 15) is 18.0 Å². The second-order valence-corrected chi connectivity index (χ2v) is 10.5. The minimum atomic E-state index is -3.73. The molecular weight excluding hydrogens is 438 g/mol. The van der Waals surface area contributed by atoms with E-state index < -0.39 is 10.0 Å². The van der Waals surface area contributed by atoms with Crippen LogP contribution in [0.5, 0.6) is 0 Å². The quantitative estimate of drug-likeness (QED) is 0.723. The van der Waals surface area contributed by atoms with Gasteiger partial charge in [0.15, 0.2) is 0 Å². The van der Waals surface area contributed by atoms with E-state index >= 15 is 0 Å². The first-order chi connectivity index (χ1) is 15.9. The van der Waals surface area contributed by atoms with Crippen LogP contribution in [0, 0.1) is 5.92 Å². The molecule has 7 nitrogen and oxygen atoms in total. The van der Waals surface area contributed by atoms with Crippen molar-refractivity contribution in [2.75, 3.05) is 30.9 Å². The van der Waals surface area contributed by atoms with Crippen molar-refractivity contribution < 1.29 is 18.0 Å². The number of rotatable bonds is 5. The van der Waals surface area contributed by atoms with E-state index in [1.54, 1.807) is 41.3 Å². The van der Waals surface area contributed by atoms with Crippen LogP contribution < -0.4 is 4.72 Å². The molecule has 0 radical (unpaired) electrons. The molecule has 33 heavy (non-hydrogen) atoms. The van der Waals surface area contributed by atoms with Crippen molar-refractivity contribution in [1.82, 2.24) is 9.80 Å². The van der Waals surface area contributed by atoms with Gasteiger partial charge in [0.2, 0.25) is 5.91 Å². The zero-order valence-corrected chi connectivity index (χ0v) is 19.6. The Labute approximate surface area is 195 Å². The van der Waals surface area contributed by atoms with Crippen molar-refractivity contribution in [2.24, 2.45) is 5.92 Å². The highest BCUT2D eigenvalue weighted by Gasteiger charge is 2.30. The highest BCUT2D eigenvalue weighted by molar-refractivity contribution is 7.92. The van der Waals surface area contributed by atoms with E-state index in [1.807, 2.05) is 11.0 Å². The van der Waals surface area contributed by atoms with Crippen molar-refractivity contribution in [3.8, 4) is 0 Å². The third-order valence-electron chi connectivity index (χ3n) is 6.49. The van der Waals surface area contributed by atoms with Crippen molar-refractivity contribution in [2.45, 2.75) is 43.4 Å². The highest BCUT2D eigenvalue weighted by atomic mass is 32.2. The van der Waals surface area contributed by atoms with Crippen LogP contribution in [-0.4, -0.2) is 56.2 Å². The maximum atomic E-state index is 12.9. The third-order valence-corrected chi connectivity index (χ3v) is 7.88. The van der Waals surface area contributed by atoms with Gasteiger partial charge in [-0.25, -0.2) is 8.42 Å². The van der Waals surface area contributed by atoms with Gasteiger partial charge in [-0.3, -0.25) is 14.3 Å². The smallest absolute Gasteiger partial charge is 0.261 e. The fourth-order valence-electron chi connectivity index (χ4n) is 4.56. The molecule has 4 rings (SSSR count). The van der Waals surface area contributed by atoms with Gasteiger partial charge < -0.3 is 9.80 Å². The number of sulfonamides is 1. The van der Waals surface area contributed by atoms with Crippen molar-refractivity contribution in [1.29, 1.82) is 0 Å². The summed E-state index contributed by atoms with van der Waals surface area (Å²) < 4.78 is 27.7. The number of anilines is 1. The Hall–Kier alpha value is -2.87. The van der Waals surface area contributed by atoms with Crippen LogP contribution in [-0.2, 0) is 14.8 Å². The molecule has 0 saturated carbocycles. The summed E-state index contributed by atoms with van der Waals surface area (Å²) in [5.41, 5.74) is 0.932. The summed E-state index contributed by atoms with van der Waals surface area (Å²) in [6.45, 7) is 2.79. The first-order valence-electron chi connectivity index (χ1n) is 11.7. The lowest BCUT2D eigenvalue weighted by atomic mass is 9.94. The average Bonchev–Trinajstić information content (AvgIpc) is 3.13. The Morgan fingerprint density at radius 3 is 1.97 bits per heavy atom. The zero-order chi connectivity index (χ0) is 23.3. The number of nitrogens with zero attached hydrogens (tertiary/aromatic N) is 2. The monoisotopic (exact) mass is 469 g/mol. The van der Waals surface area contributed by atoms with Gasteiger partial charge in [-0.15, -0.1) is 0 Å². The van der Waals surface area contributed by atoms with E-state index in [0.29, 0.717) is 37.2 Å². The van der Waals surface area contributed by atoms with Gasteiger partial charge in [0.25, 0.3) is 15.9 Å². The van der Waals surface area contributed by atoms with Gasteiger partial charge in [-0.2, -0.15) is 0 Å². The molecule has 2 aliphatic rings. The Morgan fingerprint density at radius 1 is 0.758 bits per heavy atom. The molecule has 2 aromatic rings. The summed E-state index contributed by atoms with van der Waals surface area (Å²) in [5.74, 6) is 0.101. The van der Waals surface area contributed by atoms with Gasteiger partial charge in [-0.05, 0) is 62.1 Å². The molecule has 1 N–H and O–H groups in total. The normalized spacial score (nSPS) is 17.9. The molecule has 176 valence electrons. The SMILES string of the molecule is O=C(c1ccc(S(=O)(=O)Nc2ccccc2)cc1)N1CCC(C(=O)N2CCCCCC2)CC1. The van der Waals surface area contributed by atoms with E-state index in [0.717, 1.165) is 25.9 Å². The summed E-state index contributed by atoms with van der Waals surface area (Å²) in [5, 5.41) is 0. The topological polar surface area (TPSA) is 86.8 Å². The van der Waals surface area contributed by atoms with Crippen molar-refractivity contribution >= 4 is 27.5 Å². The molecule has 2 saturated heterocycles. The molecule has 8 heteroatoms. The van der Waals surface area contributed by atoms with Crippen LogP contribution in [0.1, 0.15) is 48.9 Å². The second-order valence-electron chi connectivity index (χ2n) is 8.80. The summed E-state index contributed by atoms with van der Waals surface area (Å²) in [7, 11) is -3.73. The second kappa shape index (κ2) is 10.4. The molecule has 0 bridgehead atoms.